The van der Waals surface area contributed by atoms with Gasteiger partial charge >= 0.3 is 6.18 Å². The van der Waals surface area contributed by atoms with E-state index in [0.29, 0.717) is 6.42 Å². The zero-order chi connectivity index (χ0) is 23.2. The standard InChI is InChI=1S/C25H34F3N3/c1-7-8-9-10-14-31-21(5)30(6)20(4)19(3)24(31)29-18(2)15-22-12-11-13-23(16-22)17-25(26,27)28/h11-13,16H,4-5,7-10,14-15,17H2,1-3,6H3/b29-18+. The van der Waals surface area contributed by atoms with Crippen LogP contribution < -0.4 is 0 Å². The molecule has 2 rings (SSSR count). The van der Waals surface area contributed by atoms with E-state index >= 15 is 0 Å². The lowest BCUT2D eigenvalue weighted by molar-refractivity contribution is -0.127. The van der Waals surface area contributed by atoms with Crippen LogP contribution in [0.5, 0.6) is 0 Å². The van der Waals surface area contributed by atoms with Crippen molar-refractivity contribution >= 4 is 5.71 Å². The summed E-state index contributed by atoms with van der Waals surface area (Å²) in [5.74, 6) is 1.67. The van der Waals surface area contributed by atoms with Crippen LogP contribution in [0.3, 0.4) is 0 Å². The van der Waals surface area contributed by atoms with Gasteiger partial charge in [-0.2, -0.15) is 13.2 Å². The van der Waals surface area contributed by atoms with E-state index in [0.717, 1.165) is 53.6 Å². The zero-order valence-corrected chi connectivity index (χ0v) is 19.1. The summed E-state index contributed by atoms with van der Waals surface area (Å²) < 4.78 is 38.2. The Balaban J connectivity index is 2.25. The molecule has 0 fully saturated rings. The fraction of sp³-hybridized carbons (Fsp3) is 0.480. The van der Waals surface area contributed by atoms with Crippen LogP contribution in [0.15, 0.2) is 65.3 Å². The van der Waals surface area contributed by atoms with E-state index < -0.39 is 12.6 Å². The summed E-state index contributed by atoms with van der Waals surface area (Å²) in [4.78, 5) is 8.99. The van der Waals surface area contributed by atoms with E-state index in [4.69, 9.17) is 4.99 Å². The third kappa shape index (κ3) is 7.01. The summed E-state index contributed by atoms with van der Waals surface area (Å²) >= 11 is 0. The Morgan fingerprint density at radius 1 is 1.10 bits per heavy atom. The Morgan fingerprint density at radius 2 is 1.77 bits per heavy atom. The Bertz CT molecular complexity index is 865. The van der Waals surface area contributed by atoms with E-state index in [-0.39, 0.29) is 5.56 Å². The number of rotatable bonds is 9. The number of hydrogen-bond donors (Lipinski definition) is 0. The van der Waals surface area contributed by atoms with Crippen LogP contribution in [-0.2, 0) is 12.8 Å². The van der Waals surface area contributed by atoms with Crippen molar-refractivity contribution in [2.45, 2.75) is 65.5 Å². The van der Waals surface area contributed by atoms with Crippen LogP contribution >= 0.6 is 0 Å². The smallest absolute Gasteiger partial charge is 0.331 e. The van der Waals surface area contributed by atoms with Crippen molar-refractivity contribution in [2.24, 2.45) is 4.99 Å². The first-order valence-electron chi connectivity index (χ1n) is 10.8. The van der Waals surface area contributed by atoms with E-state index in [9.17, 15) is 13.2 Å². The number of aliphatic imine (C=N–C) groups is 1. The first-order chi connectivity index (χ1) is 14.5. The fourth-order valence-electron chi connectivity index (χ4n) is 3.71. The van der Waals surface area contributed by atoms with Crippen molar-refractivity contribution in [3.05, 3.63) is 71.5 Å². The summed E-state index contributed by atoms with van der Waals surface area (Å²) in [6.45, 7) is 15.3. The molecule has 0 bridgehead atoms. The molecule has 0 unspecified atom stereocenters. The van der Waals surface area contributed by atoms with Crippen LogP contribution in [0.2, 0.25) is 0 Å². The lowest BCUT2D eigenvalue weighted by Gasteiger charge is -2.40. The average molecular weight is 434 g/mol. The van der Waals surface area contributed by atoms with Crippen LogP contribution in [0.25, 0.3) is 0 Å². The largest absolute Gasteiger partial charge is 0.393 e. The second-order valence-electron chi connectivity index (χ2n) is 8.22. The number of allylic oxidation sites excluding steroid dienone is 1. The summed E-state index contributed by atoms with van der Waals surface area (Å²) in [6, 6.07) is 6.64. The molecule has 1 aromatic rings. The van der Waals surface area contributed by atoms with Gasteiger partial charge in [0.1, 0.15) is 11.6 Å². The lowest BCUT2D eigenvalue weighted by Crippen LogP contribution is -2.37. The molecule has 1 aromatic carbocycles. The van der Waals surface area contributed by atoms with Crippen LogP contribution in [0.1, 0.15) is 57.6 Å². The number of benzene rings is 1. The monoisotopic (exact) mass is 433 g/mol. The minimum atomic E-state index is -4.21. The molecule has 0 amide bonds. The molecule has 31 heavy (non-hydrogen) atoms. The quantitative estimate of drug-likeness (QED) is 0.314. The highest BCUT2D eigenvalue weighted by Crippen LogP contribution is 2.32. The summed E-state index contributed by atoms with van der Waals surface area (Å²) in [6.07, 6.45) is -0.0952. The van der Waals surface area contributed by atoms with E-state index in [1.807, 2.05) is 31.9 Å². The third-order valence-electron chi connectivity index (χ3n) is 5.52. The molecule has 1 aliphatic heterocycles. The van der Waals surface area contributed by atoms with Crippen molar-refractivity contribution in [1.29, 1.82) is 0 Å². The van der Waals surface area contributed by atoms with Crippen molar-refractivity contribution in [3.63, 3.8) is 0 Å². The van der Waals surface area contributed by atoms with Gasteiger partial charge in [-0.15, -0.1) is 0 Å². The number of hydrogen-bond acceptors (Lipinski definition) is 3. The zero-order valence-electron chi connectivity index (χ0n) is 19.1. The maximum absolute atomic E-state index is 12.7. The highest BCUT2D eigenvalue weighted by molar-refractivity contribution is 5.85. The highest BCUT2D eigenvalue weighted by Gasteiger charge is 2.28. The fourth-order valence-corrected chi connectivity index (χ4v) is 3.71. The Morgan fingerprint density at radius 3 is 2.42 bits per heavy atom. The second-order valence-corrected chi connectivity index (χ2v) is 8.22. The topological polar surface area (TPSA) is 18.8 Å². The molecule has 0 aromatic heterocycles. The molecule has 0 spiro atoms. The van der Waals surface area contributed by atoms with E-state index in [1.165, 1.54) is 18.9 Å². The number of halogens is 3. The molecular weight excluding hydrogens is 399 g/mol. The van der Waals surface area contributed by atoms with Crippen molar-refractivity contribution in [1.82, 2.24) is 9.80 Å². The molecule has 6 heteroatoms. The molecule has 170 valence electrons. The predicted octanol–water partition coefficient (Wildman–Crippen LogP) is 6.84. The van der Waals surface area contributed by atoms with Gasteiger partial charge in [-0.25, -0.2) is 4.99 Å². The first-order valence-corrected chi connectivity index (χ1v) is 10.8. The van der Waals surface area contributed by atoms with Crippen molar-refractivity contribution in [3.8, 4) is 0 Å². The van der Waals surface area contributed by atoms with Crippen molar-refractivity contribution < 1.29 is 13.2 Å². The predicted molar refractivity (Wildman–Crippen MR) is 123 cm³/mol. The first kappa shape index (κ1) is 24.8. The molecule has 0 atom stereocenters. The van der Waals surface area contributed by atoms with Gasteiger partial charge < -0.3 is 9.80 Å². The number of alkyl halides is 3. The molecule has 0 N–H and O–H groups in total. The highest BCUT2D eigenvalue weighted by atomic mass is 19.4. The second kappa shape index (κ2) is 10.7. The van der Waals surface area contributed by atoms with Gasteiger partial charge in [-0.1, -0.05) is 63.6 Å². The van der Waals surface area contributed by atoms with E-state index in [2.05, 4.69) is 25.0 Å². The minimum Gasteiger partial charge on any atom is -0.331 e. The Labute approximate surface area is 184 Å². The summed E-state index contributed by atoms with van der Waals surface area (Å²) in [5, 5.41) is 0. The SMILES string of the molecule is C=C1C(C)=C(/N=C(\C)Cc2cccc(CC(F)(F)F)c2)N(CCCCCC)C(=C)N1C. The molecule has 0 radical (unpaired) electrons. The van der Waals surface area contributed by atoms with Gasteiger partial charge in [0.2, 0.25) is 0 Å². The number of unbranched alkanes of at least 4 members (excludes halogenated alkanes) is 3. The van der Waals surface area contributed by atoms with Crippen LogP contribution in [-0.4, -0.2) is 35.3 Å². The third-order valence-corrected chi connectivity index (χ3v) is 5.52. The molecule has 1 aliphatic rings. The van der Waals surface area contributed by atoms with Gasteiger partial charge in [0, 0.05) is 37.0 Å². The maximum Gasteiger partial charge on any atom is 0.393 e. The minimum absolute atomic E-state index is 0.270. The number of likely N-dealkylation sites (N-methyl/N-ethyl adjacent to an activating group) is 1. The summed E-state index contributed by atoms with van der Waals surface area (Å²) in [5.41, 5.74) is 3.76. The van der Waals surface area contributed by atoms with Crippen LogP contribution in [0.4, 0.5) is 13.2 Å². The van der Waals surface area contributed by atoms with Gasteiger partial charge in [0.05, 0.1) is 6.42 Å². The summed E-state index contributed by atoms with van der Waals surface area (Å²) in [7, 11) is 1.95. The Hall–Kier alpha value is -2.50. The van der Waals surface area contributed by atoms with Gasteiger partial charge in [0.25, 0.3) is 0 Å². The molecular formula is C25H34F3N3. The number of nitrogens with zero attached hydrogens (tertiary/aromatic N) is 3. The molecule has 0 saturated carbocycles. The van der Waals surface area contributed by atoms with Crippen LogP contribution in [0, 0.1) is 0 Å². The maximum atomic E-state index is 12.7. The molecule has 3 nitrogen and oxygen atoms in total. The van der Waals surface area contributed by atoms with Gasteiger partial charge in [-0.3, -0.25) is 0 Å². The molecule has 0 saturated heterocycles. The van der Waals surface area contributed by atoms with E-state index in [1.54, 1.807) is 12.1 Å². The average Bonchev–Trinajstić information content (AvgIpc) is 2.68. The van der Waals surface area contributed by atoms with Crippen molar-refractivity contribution in [2.75, 3.05) is 13.6 Å². The normalized spacial score (nSPS) is 15.9. The van der Waals surface area contributed by atoms with Gasteiger partial charge in [-0.05, 0) is 31.4 Å². The molecule has 0 aliphatic carbocycles. The Kier molecular flexibility index (Phi) is 8.54. The lowest BCUT2D eigenvalue weighted by atomic mass is 10.0. The molecule has 1 heterocycles. The van der Waals surface area contributed by atoms with Gasteiger partial charge in [0.15, 0.2) is 0 Å².